The number of ether oxygens (including phenoxy) is 4. The fourth-order valence-corrected chi connectivity index (χ4v) is 11.2. The molecule has 4 aromatic carbocycles. The number of carbonyl (C=O) groups excluding carboxylic acids is 2. The van der Waals surface area contributed by atoms with E-state index in [0.717, 1.165) is 75.0 Å². The van der Waals surface area contributed by atoms with Crippen molar-refractivity contribution in [1.82, 2.24) is 20.1 Å². The van der Waals surface area contributed by atoms with Gasteiger partial charge in [0, 0.05) is 91.1 Å². The third-order valence-corrected chi connectivity index (χ3v) is 15.9. The summed E-state index contributed by atoms with van der Waals surface area (Å²) < 4.78 is 24.6. The highest BCUT2D eigenvalue weighted by molar-refractivity contribution is 5.94. The van der Waals surface area contributed by atoms with Crippen LogP contribution < -0.4 is 56.2 Å². The van der Waals surface area contributed by atoms with E-state index in [1.807, 2.05) is 77.3 Å². The minimum atomic E-state index is -0.506. The summed E-state index contributed by atoms with van der Waals surface area (Å²) in [5.41, 5.74) is 10.9. The molecule has 6 atom stereocenters. The molecule has 3 aliphatic heterocycles. The summed E-state index contributed by atoms with van der Waals surface area (Å²) in [7, 11) is 5.96. The van der Waals surface area contributed by atoms with E-state index >= 15 is 0 Å². The van der Waals surface area contributed by atoms with Crippen molar-refractivity contribution >= 4 is 45.9 Å². The number of nitriles is 3. The van der Waals surface area contributed by atoms with Crippen LogP contribution in [0.1, 0.15) is 116 Å². The molecule has 3 aliphatic rings. The number of hydrogen-bond acceptors (Lipinski definition) is 17. The van der Waals surface area contributed by atoms with Gasteiger partial charge < -0.3 is 66.0 Å². The number of nitrogens with zero attached hydrogens (tertiary/aromatic N) is 6. The highest BCUT2D eigenvalue weighted by Crippen LogP contribution is 2.44. The highest BCUT2D eigenvalue weighted by Gasteiger charge is 2.34. The largest absolute Gasteiger partial charge is 0.492 e. The second kappa shape index (κ2) is 29.3. The van der Waals surface area contributed by atoms with E-state index in [1.165, 1.54) is 12.8 Å². The first-order chi connectivity index (χ1) is 40.6. The molecule has 19 nitrogen and oxygen atoms in total. The Labute approximate surface area is 495 Å². The summed E-state index contributed by atoms with van der Waals surface area (Å²) in [4.78, 5) is 35.6. The fraction of sp³-hybridized carbons (Fsp3) is 0.477. The maximum atomic E-state index is 13.6. The Morgan fingerprint density at radius 2 is 1.32 bits per heavy atom. The molecule has 0 bridgehead atoms. The first-order valence-corrected chi connectivity index (χ1v) is 29.5. The number of aryl methyl sites for hydroxylation is 3. The number of carbonyl (C=O) groups is 2. The topological polar surface area (TPSA) is 246 Å². The summed E-state index contributed by atoms with van der Waals surface area (Å²) in [6.45, 7) is 17.7. The maximum Gasteiger partial charge on any atom is 0.224 e. The molecule has 4 heterocycles. The average Bonchev–Trinajstić information content (AvgIpc) is 1.58. The predicted molar refractivity (Wildman–Crippen MR) is 330 cm³/mol. The van der Waals surface area contributed by atoms with E-state index in [9.17, 15) is 25.4 Å². The molecule has 444 valence electrons. The molecule has 1 saturated heterocycles. The lowest BCUT2D eigenvalue weighted by Gasteiger charge is -2.34. The van der Waals surface area contributed by atoms with Crippen LogP contribution in [0.15, 0.2) is 66.9 Å². The molecular weight excluding hydrogens is 1060 g/mol. The van der Waals surface area contributed by atoms with Crippen molar-refractivity contribution in [2.75, 3.05) is 106 Å². The van der Waals surface area contributed by atoms with Crippen LogP contribution in [0, 0.1) is 72.5 Å². The quantitative estimate of drug-likeness (QED) is 0.0272. The Morgan fingerprint density at radius 3 is 1.89 bits per heavy atom. The predicted octanol–water partition coefficient (Wildman–Crippen LogP) is 10.6. The SMILES string of the molecule is CCOc1cc2c(cc1NC(=O)CCCN(C)C)C(Nc1ccc(OCc3ncc(CN(C)CCCC(=O)Nc4cc5c(cc4OCC)NCC(C#N)C5Nc4cc(C)c(OCC5NCCCC5C)cc4C)cc3C)cc1C#N)C(C#N)CN2. The Morgan fingerprint density at radius 1 is 0.702 bits per heavy atom. The summed E-state index contributed by atoms with van der Waals surface area (Å²) >= 11 is 0. The fourth-order valence-electron chi connectivity index (χ4n) is 11.2. The lowest BCUT2D eigenvalue weighted by Crippen LogP contribution is -2.44. The van der Waals surface area contributed by atoms with Gasteiger partial charge in [0.05, 0.1) is 77.6 Å². The maximum absolute atomic E-state index is 13.6. The van der Waals surface area contributed by atoms with E-state index in [1.54, 1.807) is 18.2 Å². The Kier molecular flexibility index (Phi) is 21.6. The van der Waals surface area contributed by atoms with Crippen LogP contribution in [0.3, 0.4) is 0 Å². The average molecular weight is 1140 g/mol. The van der Waals surface area contributed by atoms with Crippen molar-refractivity contribution in [3.8, 4) is 41.2 Å². The Hall–Kier alpha value is -8.28. The van der Waals surface area contributed by atoms with Gasteiger partial charge in [-0.1, -0.05) is 13.0 Å². The second-order valence-corrected chi connectivity index (χ2v) is 22.7. The molecule has 0 aliphatic carbocycles. The summed E-state index contributed by atoms with van der Waals surface area (Å²) in [5.74, 6) is 1.86. The number of benzene rings is 4. The summed E-state index contributed by atoms with van der Waals surface area (Å²) in [6.07, 6.45) is 6.18. The zero-order chi connectivity index (χ0) is 59.9. The van der Waals surface area contributed by atoms with Crippen LogP contribution >= 0.6 is 0 Å². The minimum Gasteiger partial charge on any atom is -0.492 e. The first-order valence-electron chi connectivity index (χ1n) is 29.5. The van der Waals surface area contributed by atoms with Gasteiger partial charge in [0.25, 0.3) is 0 Å². The van der Waals surface area contributed by atoms with Crippen LogP contribution in [0.25, 0.3) is 0 Å². The summed E-state index contributed by atoms with van der Waals surface area (Å²) in [5, 5.41) is 54.7. The highest BCUT2D eigenvalue weighted by atomic mass is 16.5. The van der Waals surface area contributed by atoms with Gasteiger partial charge in [-0.15, -0.1) is 0 Å². The first kappa shape index (κ1) is 61.8. The molecular formula is C65H83N13O6. The van der Waals surface area contributed by atoms with E-state index < -0.39 is 12.0 Å². The van der Waals surface area contributed by atoms with E-state index in [0.29, 0.717) is 117 Å². The van der Waals surface area contributed by atoms with E-state index in [4.69, 9.17) is 23.9 Å². The lowest BCUT2D eigenvalue weighted by atomic mass is 9.88. The van der Waals surface area contributed by atoms with Gasteiger partial charge in [-0.2, -0.15) is 15.8 Å². The number of hydrogen-bond donors (Lipinski definition) is 7. The van der Waals surface area contributed by atoms with Gasteiger partial charge in [-0.25, -0.2) is 0 Å². The van der Waals surface area contributed by atoms with Crippen molar-refractivity contribution in [1.29, 1.82) is 15.8 Å². The number of rotatable bonds is 26. The number of amides is 2. The molecule has 2 amide bonds. The molecule has 19 heteroatoms. The second-order valence-electron chi connectivity index (χ2n) is 22.7. The summed E-state index contributed by atoms with van der Waals surface area (Å²) in [6, 6.07) is 25.8. The van der Waals surface area contributed by atoms with Gasteiger partial charge in [-0.3, -0.25) is 14.6 Å². The van der Waals surface area contributed by atoms with Crippen molar-refractivity contribution in [3.63, 3.8) is 0 Å². The van der Waals surface area contributed by atoms with Gasteiger partial charge in [0.2, 0.25) is 11.8 Å². The number of nitrogens with one attached hydrogen (secondary N) is 7. The van der Waals surface area contributed by atoms with Crippen LogP contribution in [-0.2, 0) is 22.7 Å². The number of pyridine rings is 1. The molecule has 0 saturated carbocycles. The Bertz CT molecular complexity index is 3260. The molecule has 6 unspecified atom stereocenters. The van der Waals surface area contributed by atoms with E-state index in [2.05, 4.69) is 99.3 Å². The molecule has 7 N–H and O–H groups in total. The smallest absolute Gasteiger partial charge is 0.224 e. The molecule has 5 aromatic rings. The van der Waals surface area contributed by atoms with Crippen LogP contribution in [-0.4, -0.2) is 106 Å². The van der Waals surface area contributed by atoms with E-state index in [-0.39, 0.29) is 36.8 Å². The van der Waals surface area contributed by atoms with Crippen molar-refractivity contribution in [3.05, 3.63) is 111 Å². The van der Waals surface area contributed by atoms with Crippen molar-refractivity contribution in [2.24, 2.45) is 17.8 Å². The van der Waals surface area contributed by atoms with Crippen molar-refractivity contribution < 1.29 is 28.5 Å². The third-order valence-electron chi connectivity index (χ3n) is 15.9. The lowest BCUT2D eigenvalue weighted by molar-refractivity contribution is -0.117. The zero-order valence-electron chi connectivity index (χ0n) is 50.3. The van der Waals surface area contributed by atoms with Gasteiger partial charge >= 0.3 is 0 Å². The van der Waals surface area contributed by atoms with Gasteiger partial charge in [0.1, 0.15) is 42.3 Å². The standard InChI is InChI=1S/C65H83N13O6/c1-10-81-60-29-53-49(27-55(60)73-62(79)16-13-21-77(7)8)64(46(32-67)35-71-53)75-51-19-18-48(26-45(51)31-66)83-38-58-41(4)23-44(34-70-58)37-78(9)22-14-17-63(80)74-56-28-50-54(30-61(56)82-11-2)72-36-47(33-68)65(50)76-52-24-43(6)59(25-42(52)5)84-39-57-40(3)15-12-20-69-57/h18-19,23-30,34,40,46-47,57,64-65,69,71-72,75-76H,10-17,20-22,35-39H2,1-9H3,(H,73,79)(H,74,80). The molecule has 1 aromatic heterocycles. The normalized spacial score (nSPS) is 18.8. The monoisotopic (exact) mass is 1140 g/mol. The number of piperidine rings is 1. The van der Waals surface area contributed by atoms with Crippen LogP contribution in [0.5, 0.6) is 23.0 Å². The minimum absolute atomic E-state index is 0.128. The van der Waals surface area contributed by atoms with Crippen LogP contribution in [0.4, 0.5) is 34.1 Å². The number of aromatic nitrogens is 1. The molecule has 0 radical (unpaired) electrons. The molecule has 1 fully saturated rings. The third kappa shape index (κ3) is 15.9. The van der Waals surface area contributed by atoms with Crippen molar-refractivity contribution in [2.45, 2.75) is 111 Å². The number of fused-ring (bicyclic) bond motifs is 2. The van der Waals surface area contributed by atoms with Gasteiger partial charge in [-0.05, 0) is 166 Å². The van der Waals surface area contributed by atoms with Crippen LogP contribution in [0.2, 0.25) is 0 Å². The molecule has 84 heavy (non-hydrogen) atoms. The number of anilines is 6. The molecule has 8 rings (SSSR count). The van der Waals surface area contributed by atoms with Gasteiger partial charge in [0.15, 0.2) is 0 Å². The Balaban J connectivity index is 0.845. The molecule has 0 spiro atoms. The zero-order valence-corrected chi connectivity index (χ0v) is 50.3.